The first-order chi connectivity index (χ1) is 8.25. The van der Waals surface area contributed by atoms with Gasteiger partial charge in [0.2, 0.25) is 0 Å². The van der Waals surface area contributed by atoms with Crippen molar-refractivity contribution in [2.24, 2.45) is 0 Å². The molecule has 1 aromatic heterocycles. The lowest BCUT2D eigenvalue weighted by Gasteiger charge is -2.12. The van der Waals surface area contributed by atoms with Crippen molar-refractivity contribution in [3.63, 3.8) is 0 Å². The molecule has 0 atom stereocenters. The van der Waals surface area contributed by atoms with Gasteiger partial charge in [-0.1, -0.05) is 0 Å². The number of alkyl halides is 2. The van der Waals surface area contributed by atoms with Crippen LogP contribution in [0.5, 0.6) is 0 Å². The van der Waals surface area contributed by atoms with Crippen molar-refractivity contribution in [2.75, 3.05) is 12.4 Å². The molecule has 0 aliphatic rings. The normalized spacial score (nSPS) is 10.9. The van der Waals surface area contributed by atoms with E-state index in [1.165, 1.54) is 6.20 Å². The fourth-order valence-corrected chi connectivity index (χ4v) is 1.30. The highest BCUT2D eigenvalue weighted by atomic mass is 79.9. The Bertz CT molecular complexity index is 489. The van der Waals surface area contributed by atoms with Gasteiger partial charge in [0.15, 0.2) is 0 Å². The van der Waals surface area contributed by atoms with Gasteiger partial charge < -0.3 is 10.1 Å². The molecular weight excluding hydrogens is 314 g/mol. The summed E-state index contributed by atoms with van der Waals surface area (Å²) in [6, 6.07) is 1.14. The summed E-state index contributed by atoms with van der Waals surface area (Å²) in [5.74, 6) is -5.74. The Morgan fingerprint density at radius 1 is 1.50 bits per heavy atom. The number of carbonyl (C=O) groups excluding carboxylic acids is 2. The number of halogens is 3. The van der Waals surface area contributed by atoms with Gasteiger partial charge in [0.25, 0.3) is 5.91 Å². The number of ether oxygens (including phenoxy) is 1. The molecule has 0 aliphatic heterocycles. The number of anilines is 1. The van der Waals surface area contributed by atoms with E-state index in [4.69, 9.17) is 0 Å². The van der Waals surface area contributed by atoms with Crippen LogP contribution >= 0.6 is 15.9 Å². The minimum Gasteiger partial charge on any atom is -0.464 e. The van der Waals surface area contributed by atoms with Crippen LogP contribution in [-0.4, -0.2) is 29.9 Å². The molecule has 0 radical (unpaired) electrons. The van der Waals surface area contributed by atoms with Gasteiger partial charge in [-0.05, 0) is 22.0 Å². The lowest BCUT2D eigenvalue weighted by atomic mass is 10.3. The molecule has 0 unspecified atom stereocenters. The predicted molar refractivity (Wildman–Crippen MR) is 62.5 cm³/mol. The second kappa shape index (κ2) is 5.38. The van der Waals surface area contributed by atoms with E-state index in [0.717, 1.165) is 13.2 Å². The minimum absolute atomic E-state index is 0.0110. The Morgan fingerprint density at radius 2 is 2.11 bits per heavy atom. The molecule has 98 valence electrons. The zero-order chi connectivity index (χ0) is 13.9. The summed E-state index contributed by atoms with van der Waals surface area (Å²) in [5.41, 5.74) is -0.0904. The van der Waals surface area contributed by atoms with Gasteiger partial charge >= 0.3 is 11.9 Å². The number of carbonyl (C=O) groups is 2. The lowest BCUT2D eigenvalue weighted by Crippen LogP contribution is -2.31. The maximum Gasteiger partial charge on any atom is 0.356 e. The van der Waals surface area contributed by atoms with Crippen LogP contribution in [0.3, 0.4) is 0 Å². The van der Waals surface area contributed by atoms with E-state index in [0.29, 0.717) is 6.92 Å². The molecule has 1 rings (SSSR count). The van der Waals surface area contributed by atoms with Crippen molar-refractivity contribution in [3.8, 4) is 0 Å². The third-order valence-electron chi connectivity index (χ3n) is 1.90. The largest absolute Gasteiger partial charge is 0.464 e. The van der Waals surface area contributed by atoms with Crippen LogP contribution in [0.15, 0.2) is 16.7 Å². The molecule has 0 saturated heterocycles. The Hall–Kier alpha value is -1.57. The van der Waals surface area contributed by atoms with E-state index in [2.05, 4.69) is 25.7 Å². The second-order valence-corrected chi connectivity index (χ2v) is 4.24. The number of hydrogen-bond acceptors (Lipinski definition) is 4. The van der Waals surface area contributed by atoms with Gasteiger partial charge in [-0.3, -0.25) is 4.79 Å². The summed E-state index contributed by atoms with van der Waals surface area (Å²) in [5, 5.41) is 1.99. The summed E-state index contributed by atoms with van der Waals surface area (Å²) < 4.78 is 30.1. The molecule has 0 bridgehead atoms. The summed E-state index contributed by atoms with van der Waals surface area (Å²) in [4.78, 5) is 26.0. The number of rotatable bonds is 3. The van der Waals surface area contributed by atoms with Crippen LogP contribution in [0.2, 0.25) is 0 Å². The van der Waals surface area contributed by atoms with Crippen LogP contribution < -0.4 is 5.32 Å². The number of nitrogens with one attached hydrogen (secondary N) is 1. The van der Waals surface area contributed by atoms with Crippen LogP contribution in [0.25, 0.3) is 0 Å². The summed E-state index contributed by atoms with van der Waals surface area (Å²) in [6.07, 6.45) is 1.20. The Kier molecular flexibility index (Phi) is 4.33. The SMILES string of the molecule is COC(=O)c1cc(NC(=O)C(C)(F)F)c(Br)cn1. The quantitative estimate of drug-likeness (QED) is 0.866. The van der Waals surface area contributed by atoms with Crippen molar-refractivity contribution in [3.05, 3.63) is 22.4 Å². The van der Waals surface area contributed by atoms with Crippen LogP contribution in [-0.2, 0) is 9.53 Å². The molecule has 1 aromatic rings. The van der Waals surface area contributed by atoms with Crippen LogP contribution in [0.4, 0.5) is 14.5 Å². The van der Waals surface area contributed by atoms with Crippen molar-refractivity contribution in [1.29, 1.82) is 0 Å². The topological polar surface area (TPSA) is 68.3 Å². The van der Waals surface area contributed by atoms with Gasteiger partial charge in [-0.15, -0.1) is 0 Å². The molecule has 5 nitrogen and oxygen atoms in total. The molecule has 0 aliphatic carbocycles. The van der Waals surface area contributed by atoms with E-state index >= 15 is 0 Å². The number of methoxy groups -OCH3 is 1. The van der Waals surface area contributed by atoms with Gasteiger partial charge in [-0.2, -0.15) is 8.78 Å². The zero-order valence-corrected chi connectivity index (χ0v) is 11.0. The molecule has 1 heterocycles. The first-order valence-electron chi connectivity index (χ1n) is 4.69. The minimum atomic E-state index is -3.52. The number of amides is 1. The number of pyridine rings is 1. The Balaban J connectivity index is 3.02. The second-order valence-electron chi connectivity index (χ2n) is 3.38. The third-order valence-corrected chi connectivity index (χ3v) is 2.53. The number of esters is 1. The van der Waals surface area contributed by atoms with E-state index in [-0.39, 0.29) is 15.9 Å². The molecular formula is C10H9BrF2N2O3. The lowest BCUT2D eigenvalue weighted by molar-refractivity contribution is -0.137. The van der Waals surface area contributed by atoms with E-state index < -0.39 is 17.8 Å². The Morgan fingerprint density at radius 3 is 2.61 bits per heavy atom. The van der Waals surface area contributed by atoms with Crippen LogP contribution in [0, 0.1) is 0 Å². The molecule has 0 spiro atoms. The molecule has 0 aromatic carbocycles. The number of aromatic nitrogens is 1. The van der Waals surface area contributed by atoms with E-state index in [9.17, 15) is 18.4 Å². The first kappa shape index (κ1) is 14.5. The maximum atomic E-state index is 12.7. The number of hydrogen-bond donors (Lipinski definition) is 1. The maximum absolute atomic E-state index is 12.7. The van der Waals surface area contributed by atoms with Gasteiger partial charge in [-0.25, -0.2) is 9.78 Å². The summed E-state index contributed by atoms with van der Waals surface area (Å²) >= 11 is 3.02. The summed E-state index contributed by atoms with van der Waals surface area (Å²) in [7, 11) is 1.16. The molecule has 18 heavy (non-hydrogen) atoms. The van der Waals surface area contributed by atoms with Crippen LogP contribution in [0.1, 0.15) is 17.4 Å². The Labute approximate surface area is 110 Å². The monoisotopic (exact) mass is 322 g/mol. The molecule has 1 amide bonds. The van der Waals surface area contributed by atoms with Gasteiger partial charge in [0, 0.05) is 13.1 Å². The van der Waals surface area contributed by atoms with Gasteiger partial charge in [0.1, 0.15) is 5.69 Å². The molecule has 1 N–H and O–H groups in total. The third kappa shape index (κ3) is 3.46. The predicted octanol–water partition coefficient (Wildman–Crippen LogP) is 2.22. The van der Waals surface area contributed by atoms with Crippen molar-refractivity contribution >= 4 is 33.5 Å². The molecule has 0 fully saturated rings. The smallest absolute Gasteiger partial charge is 0.356 e. The standard InChI is InChI=1S/C10H9BrF2N2O3/c1-10(12,13)9(17)15-6-3-7(8(16)18-2)14-4-5(6)11/h3-4H,1-2H3,(H,14,15,17). The van der Waals surface area contributed by atoms with Crippen molar-refractivity contribution in [2.45, 2.75) is 12.8 Å². The highest BCUT2D eigenvalue weighted by Gasteiger charge is 2.32. The average Bonchev–Trinajstić information content (AvgIpc) is 2.29. The zero-order valence-electron chi connectivity index (χ0n) is 9.46. The highest BCUT2D eigenvalue weighted by molar-refractivity contribution is 9.10. The van der Waals surface area contributed by atoms with Crippen molar-refractivity contribution < 1.29 is 23.1 Å². The molecule has 8 heteroatoms. The fourth-order valence-electron chi connectivity index (χ4n) is 0.983. The molecule has 0 saturated carbocycles. The van der Waals surface area contributed by atoms with Crippen molar-refractivity contribution in [1.82, 2.24) is 4.98 Å². The average molecular weight is 323 g/mol. The summed E-state index contributed by atoms with van der Waals surface area (Å²) in [6.45, 7) is 0.471. The fraction of sp³-hybridized carbons (Fsp3) is 0.300. The van der Waals surface area contributed by atoms with Gasteiger partial charge in [0.05, 0.1) is 17.3 Å². The first-order valence-corrected chi connectivity index (χ1v) is 5.48. The van der Waals surface area contributed by atoms with E-state index in [1.54, 1.807) is 0 Å². The van der Waals surface area contributed by atoms with E-state index in [1.807, 2.05) is 5.32 Å². The number of nitrogens with zero attached hydrogens (tertiary/aromatic N) is 1. The highest BCUT2D eigenvalue weighted by Crippen LogP contribution is 2.24.